The number of nitrogens with zero attached hydrogens (tertiary/aromatic N) is 1. The molecule has 150 valence electrons. The lowest BCUT2D eigenvalue weighted by atomic mass is 10.0. The van der Waals surface area contributed by atoms with E-state index < -0.39 is 0 Å². The lowest BCUT2D eigenvalue weighted by molar-refractivity contribution is -0.130. The van der Waals surface area contributed by atoms with Gasteiger partial charge in [0.25, 0.3) is 0 Å². The molecule has 1 saturated heterocycles. The topological polar surface area (TPSA) is 50.8 Å². The fourth-order valence-electron chi connectivity index (χ4n) is 3.28. The maximum Gasteiger partial charge on any atom is 0.222 e. The van der Waals surface area contributed by atoms with E-state index in [9.17, 15) is 4.79 Å². The molecule has 1 heterocycles. The molecule has 0 aliphatic carbocycles. The quantitative estimate of drug-likeness (QED) is 0.683. The first-order valence-corrected chi connectivity index (χ1v) is 10.0. The highest BCUT2D eigenvalue weighted by Gasteiger charge is 2.17. The van der Waals surface area contributed by atoms with Gasteiger partial charge in [-0.15, -0.1) is 0 Å². The van der Waals surface area contributed by atoms with E-state index in [1.54, 1.807) is 4.90 Å². The summed E-state index contributed by atoms with van der Waals surface area (Å²) in [5.41, 5.74) is 1.14. The van der Waals surface area contributed by atoms with Crippen LogP contribution in [0.5, 0.6) is 11.5 Å². The minimum atomic E-state index is 0.195. The van der Waals surface area contributed by atoms with E-state index in [4.69, 9.17) is 9.47 Å². The van der Waals surface area contributed by atoms with Crippen LogP contribution in [0, 0.1) is 5.92 Å². The molecule has 3 rings (SSSR count). The summed E-state index contributed by atoms with van der Waals surface area (Å²) in [6, 6.07) is 17.7. The first kappa shape index (κ1) is 20.2. The molecule has 2 aromatic carbocycles. The average Bonchev–Trinajstić information content (AvgIpc) is 3.26. The van der Waals surface area contributed by atoms with Gasteiger partial charge >= 0.3 is 0 Å². The number of carbonyl (C=O) groups is 1. The van der Waals surface area contributed by atoms with Crippen LogP contribution in [-0.4, -0.2) is 44.1 Å². The van der Waals surface area contributed by atoms with Gasteiger partial charge in [-0.3, -0.25) is 4.79 Å². The average molecular weight is 383 g/mol. The van der Waals surface area contributed by atoms with Gasteiger partial charge in [0.1, 0.15) is 24.7 Å². The number of amides is 1. The molecule has 28 heavy (non-hydrogen) atoms. The van der Waals surface area contributed by atoms with Crippen LogP contribution in [0.3, 0.4) is 0 Å². The summed E-state index contributed by atoms with van der Waals surface area (Å²) in [5, 5.41) is 3.34. The van der Waals surface area contributed by atoms with Crippen molar-refractivity contribution in [2.75, 3.05) is 33.3 Å². The summed E-state index contributed by atoms with van der Waals surface area (Å²) in [4.78, 5) is 14.0. The first-order valence-electron chi connectivity index (χ1n) is 10.0. The van der Waals surface area contributed by atoms with E-state index >= 15 is 0 Å². The molecular formula is C23H30N2O3. The summed E-state index contributed by atoms with van der Waals surface area (Å²) >= 11 is 0. The van der Waals surface area contributed by atoms with Crippen molar-refractivity contribution in [2.24, 2.45) is 5.92 Å². The van der Waals surface area contributed by atoms with Crippen LogP contribution in [-0.2, 0) is 11.4 Å². The first-order chi connectivity index (χ1) is 13.7. The van der Waals surface area contributed by atoms with Crippen LogP contribution in [0.2, 0.25) is 0 Å². The molecule has 0 aromatic heterocycles. The van der Waals surface area contributed by atoms with Gasteiger partial charge in [0.05, 0.1) is 6.54 Å². The van der Waals surface area contributed by atoms with E-state index in [0.29, 0.717) is 32.1 Å². The number of nitrogens with one attached hydrogen (secondary N) is 1. The van der Waals surface area contributed by atoms with Gasteiger partial charge in [-0.2, -0.15) is 0 Å². The highest BCUT2D eigenvalue weighted by atomic mass is 16.5. The highest BCUT2D eigenvalue weighted by molar-refractivity contribution is 5.75. The molecule has 0 radical (unpaired) electrons. The van der Waals surface area contributed by atoms with E-state index in [1.807, 2.05) is 61.6 Å². The molecule has 2 aromatic rings. The lowest BCUT2D eigenvalue weighted by Gasteiger charge is -2.18. The van der Waals surface area contributed by atoms with E-state index in [-0.39, 0.29) is 5.91 Å². The van der Waals surface area contributed by atoms with Crippen molar-refractivity contribution < 1.29 is 14.3 Å². The zero-order chi connectivity index (χ0) is 19.6. The molecule has 5 nitrogen and oxygen atoms in total. The van der Waals surface area contributed by atoms with Gasteiger partial charge in [-0.05, 0) is 61.7 Å². The molecule has 1 N–H and O–H groups in total. The van der Waals surface area contributed by atoms with Crippen LogP contribution in [0.15, 0.2) is 54.6 Å². The van der Waals surface area contributed by atoms with Crippen LogP contribution in [0.4, 0.5) is 0 Å². The van der Waals surface area contributed by atoms with Gasteiger partial charge in [-0.25, -0.2) is 0 Å². The molecule has 1 aliphatic rings. The summed E-state index contributed by atoms with van der Waals surface area (Å²) in [6.45, 7) is 3.75. The second kappa shape index (κ2) is 10.7. The predicted molar refractivity (Wildman–Crippen MR) is 111 cm³/mol. The number of likely N-dealkylation sites (N-methyl/N-ethyl adjacent to an activating group) is 1. The third-order valence-electron chi connectivity index (χ3n) is 5.12. The largest absolute Gasteiger partial charge is 0.492 e. The van der Waals surface area contributed by atoms with Crippen molar-refractivity contribution in [2.45, 2.75) is 25.9 Å². The fourth-order valence-corrected chi connectivity index (χ4v) is 3.28. The van der Waals surface area contributed by atoms with Gasteiger partial charge in [0, 0.05) is 13.5 Å². The zero-order valence-electron chi connectivity index (χ0n) is 16.6. The van der Waals surface area contributed by atoms with Crippen LogP contribution in [0.1, 0.15) is 24.8 Å². The van der Waals surface area contributed by atoms with E-state index in [0.717, 1.165) is 36.6 Å². The number of ether oxygens (including phenoxy) is 2. The molecule has 1 unspecified atom stereocenters. The Bertz CT molecular complexity index is 712. The number of rotatable bonds is 10. The molecule has 1 fully saturated rings. The van der Waals surface area contributed by atoms with E-state index in [1.165, 1.54) is 6.42 Å². The summed E-state index contributed by atoms with van der Waals surface area (Å²) in [5.74, 6) is 2.44. The molecule has 0 saturated carbocycles. The van der Waals surface area contributed by atoms with Crippen molar-refractivity contribution in [3.63, 3.8) is 0 Å². The second-order valence-electron chi connectivity index (χ2n) is 7.31. The van der Waals surface area contributed by atoms with Crippen molar-refractivity contribution in [1.82, 2.24) is 10.2 Å². The summed E-state index contributed by atoms with van der Waals surface area (Å²) < 4.78 is 11.5. The summed E-state index contributed by atoms with van der Waals surface area (Å²) in [7, 11) is 1.85. The van der Waals surface area contributed by atoms with Gasteiger partial charge < -0.3 is 19.7 Å². The normalized spacial score (nSPS) is 16.0. The SMILES string of the molecule is CN(CCOc1ccc(OCc2ccccc2)cc1)C(=O)CCC1CCNC1. The number of hydrogen-bond acceptors (Lipinski definition) is 4. The summed E-state index contributed by atoms with van der Waals surface area (Å²) in [6.07, 6.45) is 2.78. The Morgan fingerprint density at radius 1 is 1.07 bits per heavy atom. The maximum atomic E-state index is 12.2. The molecule has 1 aliphatic heterocycles. The molecule has 1 amide bonds. The fraction of sp³-hybridized carbons (Fsp3) is 0.435. The zero-order valence-corrected chi connectivity index (χ0v) is 16.6. The predicted octanol–water partition coefficient (Wildman–Crippen LogP) is 3.49. The van der Waals surface area contributed by atoms with Crippen molar-refractivity contribution >= 4 is 5.91 Å². The standard InChI is InChI=1S/C23H30N2O3/c1-25(23(26)12-7-19-13-14-24-17-19)15-16-27-21-8-10-22(11-9-21)28-18-20-5-3-2-4-6-20/h2-6,8-11,19,24H,7,12-18H2,1H3. The van der Waals surface area contributed by atoms with Crippen molar-refractivity contribution in [1.29, 1.82) is 0 Å². The lowest BCUT2D eigenvalue weighted by Crippen LogP contribution is -2.31. The Labute approximate surface area is 167 Å². The molecular weight excluding hydrogens is 352 g/mol. The van der Waals surface area contributed by atoms with Crippen LogP contribution < -0.4 is 14.8 Å². The molecule has 0 bridgehead atoms. The van der Waals surface area contributed by atoms with Crippen molar-refractivity contribution in [3.05, 3.63) is 60.2 Å². The second-order valence-corrected chi connectivity index (χ2v) is 7.31. The minimum absolute atomic E-state index is 0.195. The van der Waals surface area contributed by atoms with Gasteiger partial charge in [0.15, 0.2) is 0 Å². The number of benzene rings is 2. The van der Waals surface area contributed by atoms with E-state index in [2.05, 4.69) is 5.32 Å². The van der Waals surface area contributed by atoms with Crippen LogP contribution in [0.25, 0.3) is 0 Å². The number of hydrogen-bond donors (Lipinski definition) is 1. The third kappa shape index (κ3) is 6.57. The van der Waals surface area contributed by atoms with Crippen molar-refractivity contribution in [3.8, 4) is 11.5 Å². The highest BCUT2D eigenvalue weighted by Crippen LogP contribution is 2.19. The Kier molecular flexibility index (Phi) is 7.73. The van der Waals surface area contributed by atoms with Gasteiger partial charge in [0.2, 0.25) is 5.91 Å². The van der Waals surface area contributed by atoms with Gasteiger partial charge in [-0.1, -0.05) is 30.3 Å². The smallest absolute Gasteiger partial charge is 0.222 e. The monoisotopic (exact) mass is 382 g/mol. The molecule has 5 heteroatoms. The Hall–Kier alpha value is -2.53. The molecule has 1 atom stereocenters. The third-order valence-corrected chi connectivity index (χ3v) is 5.12. The maximum absolute atomic E-state index is 12.2. The Morgan fingerprint density at radius 3 is 2.46 bits per heavy atom. The minimum Gasteiger partial charge on any atom is -0.492 e. The van der Waals surface area contributed by atoms with Crippen LogP contribution >= 0.6 is 0 Å². The Balaban J connectivity index is 1.33. The number of carbonyl (C=O) groups excluding carboxylic acids is 1. The molecule has 0 spiro atoms. The Morgan fingerprint density at radius 2 is 1.79 bits per heavy atom.